The van der Waals surface area contributed by atoms with Crippen LogP contribution < -0.4 is 10.1 Å². The second-order valence-electron chi connectivity index (χ2n) is 5.83. The largest absolute Gasteiger partial charge is 0.484 e. The van der Waals surface area contributed by atoms with Crippen molar-refractivity contribution in [3.63, 3.8) is 0 Å². The van der Waals surface area contributed by atoms with Crippen LogP contribution in [-0.4, -0.2) is 35.3 Å². The molecule has 0 unspecified atom stereocenters. The van der Waals surface area contributed by atoms with E-state index in [1.165, 1.54) is 18.2 Å². The van der Waals surface area contributed by atoms with Crippen LogP contribution in [0.15, 0.2) is 24.3 Å². The van der Waals surface area contributed by atoms with Crippen LogP contribution in [0.5, 0.6) is 5.75 Å². The van der Waals surface area contributed by atoms with Crippen LogP contribution in [0.1, 0.15) is 38.7 Å². The zero-order valence-electron chi connectivity index (χ0n) is 14.2. The predicted octanol–water partition coefficient (Wildman–Crippen LogP) is 3.32. The van der Waals surface area contributed by atoms with Crippen LogP contribution in [0.3, 0.4) is 0 Å². The Morgan fingerprint density at radius 2 is 1.84 bits per heavy atom. The van der Waals surface area contributed by atoms with Crippen LogP contribution in [-0.2, 0) is 16.0 Å². The number of nitrogens with one attached hydrogen (secondary N) is 1. The molecule has 0 saturated carbocycles. The summed E-state index contributed by atoms with van der Waals surface area (Å²) in [4.78, 5) is 23.2. The van der Waals surface area contributed by atoms with Crippen molar-refractivity contribution >= 4 is 11.9 Å². The van der Waals surface area contributed by atoms with E-state index in [2.05, 4.69) is 10.1 Å². The second kappa shape index (κ2) is 8.73. The maximum atomic E-state index is 12.2. The normalized spacial score (nSPS) is 11.9. The molecule has 0 bridgehead atoms. The Hall–Kier alpha value is -2.25. The standard InChI is InChI=1S/C17H22F3NO4/c1-3-16(4-2,10-15(23)24)21-14(22)9-12-6-5-7-13(8-12)25-11-17(18,19)20/h5-8H,3-4,9-11H2,1-2H3,(H,21,22)(H,23,24). The maximum Gasteiger partial charge on any atom is 0.422 e. The second-order valence-corrected chi connectivity index (χ2v) is 5.83. The summed E-state index contributed by atoms with van der Waals surface area (Å²) >= 11 is 0. The van der Waals surface area contributed by atoms with E-state index < -0.39 is 30.2 Å². The Labute approximate surface area is 144 Å². The Balaban J connectivity index is 2.74. The summed E-state index contributed by atoms with van der Waals surface area (Å²) in [5.41, 5.74) is -0.360. The quantitative estimate of drug-likeness (QED) is 0.707. The minimum absolute atomic E-state index is 0.0189. The Morgan fingerprint density at radius 1 is 1.20 bits per heavy atom. The molecule has 140 valence electrons. The number of carboxylic acid groups (broad SMARTS) is 1. The summed E-state index contributed by atoms with van der Waals surface area (Å²) in [6, 6.07) is 5.83. The van der Waals surface area contributed by atoms with Gasteiger partial charge in [-0.25, -0.2) is 0 Å². The van der Waals surface area contributed by atoms with Crippen molar-refractivity contribution in [2.45, 2.75) is 51.2 Å². The summed E-state index contributed by atoms with van der Waals surface area (Å²) < 4.78 is 41.2. The molecule has 8 heteroatoms. The molecule has 0 aliphatic heterocycles. The third-order valence-corrected chi connectivity index (χ3v) is 3.91. The number of rotatable bonds is 9. The molecule has 1 aromatic rings. The number of halogens is 3. The van der Waals surface area contributed by atoms with Gasteiger partial charge in [-0.15, -0.1) is 0 Å². The van der Waals surface area contributed by atoms with Crippen LogP contribution >= 0.6 is 0 Å². The molecule has 0 saturated heterocycles. The van der Waals surface area contributed by atoms with Crippen molar-refractivity contribution < 1.29 is 32.6 Å². The van der Waals surface area contributed by atoms with Crippen molar-refractivity contribution in [3.05, 3.63) is 29.8 Å². The van der Waals surface area contributed by atoms with Gasteiger partial charge in [-0.1, -0.05) is 26.0 Å². The first-order chi connectivity index (χ1) is 11.6. The summed E-state index contributed by atoms with van der Waals surface area (Å²) in [7, 11) is 0. The van der Waals surface area contributed by atoms with E-state index in [-0.39, 0.29) is 18.6 Å². The number of amides is 1. The van der Waals surface area contributed by atoms with Gasteiger partial charge in [0.25, 0.3) is 0 Å². The van der Waals surface area contributed by atoms with Gasteiger partial charge in [0.05, 0.1) is 12.8 Å². The molecule has 0 spiro atoms. The minimum Gasteiger partial charge on any atom is -0.484 e. The highest BCUT2D eigenvalue weighted by atomic mass is 19.4. The Bertz CT molecular complexity index is 598. The molecule has 0 aliphatic rings. The molecule has 0 heterocycles. The first-order valence-electron chi connectivity index (χ1n) is 7.90. The lowest BCUT2D eigenvalue weighted by Crippen LogP contribution is -2.49. The van der Waals surface area contributed by atoms with E-state index in [1.54, 1.807) is 19.9 Å². The minimum atomic E-state index is -4.44. The number of ether oxygens (including phenoxy) is 1. The average Bonchev–Trinajstić information content (AvgIpc) is 2.51. The molecule has 5 nitrogen and oxygen atoms in total. The third-order valence-electron chi connectivity index (χ3n) is 3.91. The molecule has 2 N–H and O–H groups in total. The summed E-state index contributed by atoms with van der Waals surface area (Å²) in [6.07, 6.45) is -3.80. The lowest BCUT2D eigenvalue weighted by molar-refractivity contribution is -0.153. The van der Waals surface area contributed by atoms with Crippen molar-refractivity contribution in [3.8, 4) is 5.75 Å². The summed E-state index contributed by atoms with van der Waals surface area (Å²) in [5.74, 6) is -1.38. The molecular weight excluding hydrogens is 339 g/mol. The average molecular weight is 361 g/mol. The van der Waals surface area contributed by atoms with E-state index in [9.17, 15) is 22.8 Å². The smallest absolute Gasteiger partial charge is 0.422 e. The molecule has 0 aliphatic carbocycles. The number of benzene rings is 1. The van der Waals surface area contributed by atoms with Gasteiger partial charge in [-0.3, -0.25) is 9.59 Å². The summed E-state index contributed by atoms with van der Waals surface area (Å²) in [6.45, 7) is 2.17. The number of carbonyl (C=O) groups excluding carboxylic acids is 1. The lowest BCUT2D eigenvalue weighted by Gasteiger charge is -2.31. The van der Waals surface area contributed by atoms with E-state index in [0.29, 0.717) is 18.4 Å². The highest BCUT2D eigenvalue weighted by Gasteiger charge is 2.31. The van der Waals surface area contributed by atoms with Crippen LogP contribution in [0.25, 0.3) is 0 Å². The van der Waals surface area contributed by atoms with Crippen molar-refractivity contribution in [2.75, 3.05) is 6.61 Å². The van der Waals surface area contributed by atoms with Crippen LogP contribution in [0.4, 0.5) is 13.2 Å². The van der Waals surface area contributed by atoms with E-state index in [4.69, 9.17) is 5.11 Å². The number of hydrogen-bond acceptors (Lipinski definition) is 3. The third kappa shape index (κ3) is 7.45. The Morgan fingerprint density at radius 3 is 2.36 bits per heavy atom. The first kappa shape index (κ1) is 20.8. The molecular formula is C17H22F3NO4. The summed E-state index contributed by atoms with van der Waals surface area (Å²) in [5, 5.41) is 11.8. The highest BCUT2D eigenvalue weighted by molar-refractivity contribution is 5.80. The molecule has 25 heavy (non-hydrogen) atoms. The SMILES string of the molecule is CCC(CC)(CC(=O)O)NC(=O)Cc1cccc(OCC(F)(F)F)c1. The highest BCUT2D eigenvalue weighted by Crippen LogP contribution is 2.22. The van der Waals surface area contributed by atoms with Gasteiger partial charge >= 0.3 is 12.1 Å². The van der Waals surface area contributed by atoms with Crippen molar-refractivity contribution in [2.24, 2.45) is 0 Å². The van der Waals surface area contributed by atoms with Gasteiger partial charge in [0.15, 0.2) is 6.61 Å². The fraction of sp³-hybridized carbons (Fsp3) is 0.529. The topological polar surface area (TPSA) is 75.6 Å². The first-order valence-corrected chi connectivity index (χ1v) is 7.90. The van der Waals surface area contributed by atoms with E-state index in [0.717, 1.165) is 0 Å². The molecule has 1 aromatic carbocycles. The van der Waals surface area contributed by atoms with Gasteiger partial charge in [-0.2, -0.15) is 13.2 Å². The molecule has 0 radical (unpaired) electrons. The number of aliphatic carboxylic acids is 1. The lowest BCUT2D eigenvalue weighted by atomic mass is 9.88. The van der Waals surface area contributed by atoms with E-state index >= 15 is 0 Å². The van der Waals surface area contributed by atoms with Gasteiger partial charge < -0.3 is 15.2 Å². The fourth-order valence-electron chi connectivity index (χ4n) is 2.45. The molecule has 0 atom stereocenters. The van der Waals surface area contributed by atoms with Crippen molar-refractivity contribution in [1.29, 1.82) is 0 Å². The van der Waals surface area contributed by atoms with Crippen molar-refractivity contribution in [1.82, 2.24) is 5.32 Å². The van der Waals surface area contributed by atoms with Crippen LogP contribution in [0.2, 0.25) is 0 Å². The van der Waals surface area contributed by atoms with Gasteiger partial charge in [-0.05, 0) is 30.5 Å². The molecule has 0 fully saturated rings. The van der Waals surface area contributed by atoms with Gasteiger partial charge in [0, 0.05) is 5.54 Å². The zero-order chi connectivity index (χ0) is 19.1. The number of carbonyl (C=O) groups is 2. The monoisotopic (exact) mass is 361 g/mol. The number of alkyl halides is 3. The number of hydrogen-bond donors (Lipinski definition) is 2. The maximum absolute atomic E-state index is 12.2. The van der Waals surface area contributed by atoms with Gasteiger partial charge in [0.1, 0.15) is 5.75 Å². The molecule has 1 rings (SSSR count). The predicted molar refractivity (Wildman–Crippen MR) is 85.4 cm³/mol. The van der Waals surface area contributed by atoms with E-state index in [1.807, 2.05) is 0 Å². The molecule has 0 aromatic heterocycles. The van der Waals surface area contributed by atoms with Crippen LogP contribution in [0, 0.1) is 0 Å². The molecule has 1 amide bonds. The fourth-order valence-corrected chi connectivity index (χ4v) is 2.45. The number of carboxylic acids is 1. The zero-order valence-corrected chi connectivity index (χ0v) is 14.2. The Kier molecular flexibility index (Phi) is 7.26. The van der Waals surface area contributed by atoms with Gasteiger partial charge in [0.2, 0.25) is 5.91 Å².